The van der Waals surface area contributed by atoms with Crippen molar-refractivity contribution in [1.82, 2.24) is 4.90 Å². The van der Waals surface area contributed by atoms with Gasteiger partial charge >= 0.3 is 6.09 Å². The van der Waals surface area contributed by atoms with Gasteiger partial charge in [-0.2, -0.15) is 0 Å². The van der Waals surface area contributed by atoms with Crippen molar-refractivity contribution < 1.29 is 18.3 Å². The first-order valence-electron chi connectivity index (χ1n) is 9.53. The number of nitrogens with zero attached hydrogens (tertiary/aromatic N) is 2. The number of amides is 1. The molecule has 3 aromatic rings. The Hall–Kier alpha value is -3.06. The second-order valence-corrected chi connectivity index (χ2v) is 8.90. The van der Waals surface area contributed by atoms with E-state index < -0.39 is 16.1 Å². The van der Waals surface area contributed by atoms with Crippen LogP contribution >= 0.6 is 0 Å². The zero-order valence-electron chi connectivity index (χ0n) is 15.8. The van der Waals surface area contributed by atoms with E-state index in [0.717, 1.165) is 5.39 Å². The van der Waals surface area contributed by atoms with Gasteiger partial charge in [-0.15, -0.1) is 0 Å². The number of rotatable bonds is 4. The minimum absolute atomic E-state index is 0.264. The first-order chi connectivity index (χ1) is 14.0. The van der Waals surface area contributed by atoms with Gasteiger partial charge in [0.15, 0.2) is 0 Å². The van der Waals surface area contributed by atoms with Gasteiger partial charge in [0.1, 0.15) is 0 Å². The Morgan fingerprint density at radius 2 is 1.52 bits per heavy atom. The second kappa shape index (κ2) is 7.75. The average molecular weight is 410 g/mol. The van der Waals surface area contributed by atoms with Crippen LogP contribution < -0.4 is 4.31 Å². The van der Waals surface area contributed by atoms with Crippen LogP contribution in [0.3, 0.4) is 0 Å². The number of benzene rings is 3. The fourth-order valence-electron chi connectivity index (χ4n) is 3.94. The number of piperidine rings is 1. The summed E-state index contributed by atoms with van der Waals surface area (Å²) >= 11 is 0. The summed E-state index contributed by atoms with van der Waals surface area (Å²) in [5.41, 5.74) is 0.592. The van der Waals surface area contributed by atoms with Crippen molar-refractivity contribution in [2.75, 3.05) is 17.4 Å². The summed E-state index contributed by atoms with van der Waals surface area (Å²) in [6.45, 7) is 0.628. The summed E-state index contributed by atoms with van der Waals surface area (Å²) in [5, 5.41) is 10.8. The third-order valence-electron chi connectivity index (χ3n) is 5.36. The highest BCUT2D eigenvalue weighted by atomic mass is 32.2. The molecule has 0 radical (unpaired) electrons. The fourth-order valence-corrected chi connectivity index (χ4v) is 5.87. The summed E-state index contributed by atoms with van der Waals surface area (Å²) in [6.07, 6.45) is -0.0669. The number of hydrogen-bond donors (Lipinski definition) is 1. The molecular weight excluding hydrogens is 388 g/mol. The minimum Gasteiger partial charge on any atom is -0.465 e. The smallest absolute Gasteiger partial charge is 0.407 e. The van der Waals surface area contributed by atoms with E-state index in [1.54, 1.807) is 24.3 Å². The molecule has 0 aliphatic carbocycles. The van der Waals surface area contributed by atoms with Gasteiger partial charge < -0.3 is 10.0 Å². The summed E-state index contributed by atoms with van der Waals surface area (Å²) in [4.78, 5) is 12.9. The van der Waals surface area contributed by atoms with Gasteiger partial charge in [0.05, 0.1) is 10.6 Å². The lowest BCUT2D eigenvalue weighted by molar-refractivity contribution is 0.133. The SMILES string of the molecule is O=C(O)N1CCC(N(c2ccccc2)S(=O)(=O)c2cccc3ccccc23)CC1. The van der Waals surface area contributed by atoms with Crippen LogP contribution in [0.25, 0.3) is 10.8 Å². The van der Waals surface area contributed by atoms with Gasteiger partial charge in [-0.1, -0.05) is 54.6 Å². The van der Waals surface area contributed by atoms with E-state index in [-0.39, 0.29) is 10.9 Å². The third kappa shape index (κ3) is 3.65. The molecule has 150 valence electrons. The highest BCUT2D eigenvalue weighted by molar-refractivity contribution is 7.93. The average Bonchev–Trinajstić information content (AvgIpc) is 2.74. The second-order valence-electron chi connectivity index (χ2n) is 7.11. The van der Waals surface area contributed by atoms with E-state index in [9.17, 15) is 18.3 Å². The molecule has 1 aliphatic rings. The number of sulfonamides is 1. The molecule has 1 N–H and O–H groups in total. The van der Waals surface area contributed by atoms with Crippen LogP contribution in [0.4, 0.5) is 10.5 Å². The number of anilines is 1. The van der Waals surface area contributed by atoms with Crippen molar-refractivity contribution in [3.8, 4) is 0 Å². The molecule has 0 saturated carbocycles. The molecule has 7 heteroatoms. The molecule has 3 aromatic carbocycles. The lowest BCUT2D eigenvalue weighted by atomic mass is 10.0. The zero-order valence-corrected chi connectivity index (χ0v) is 16.6. The predicted molar refractivity (Wildman–Crippen MR) is 113 cm³/mol. The maximum absolute atomic E-state index is 13.9. The molecule has 29 heavy (non-hydrogen) atoms. The molecular formula is C22H22N2O4S. The normalized spacial score (nSPS) is 15.4. The van der Waals surface area contributed by atoms with Crippen LogP contribution in [0.1, 0.15) is 12.8 Å². The Bertz CT molecular complexity index is 1120. The molecule has 1 amide bonds. The van der Waals surface area contributed by atoms with Crippen molar-refractivity contribution in [2.45, 2.75) is 23.8 Å². The van der Waals surface area contributed by atoms with E-state index in [1.165, 1.54) is 9.21 Å². The number of hydrogen-bond acceptors (Lipinski definition) is 3. The lowest BCUT2D eigenvalue weighted by Gasteiger charge is -2.38. The van der Waals surface area contributed by atoms with Gasteiger partial charge in [0.2, 0.25) is 0 Å². The molecule has 0 aromatic heterocycles. The van der Waals surface area contributed by atoms with Crippen molar-refractivity contribution in [3.63, 3.8) is 0 Å². The summed E-state index contributed by atoms with van der Waals surface area (Å²) in [7, 11) is -3.85. The highest BCUT2D eigenvalue weighted by Gasteiger charge is 2.35. The number of para-hydroxylation sites is 1. The molecule has 1 aliphatic heterocycles. The maximum atomic E-state index is 13.9. The minimum atomic E-state index is -3.85. The van der Waals surface area contributed by atoms with E-state index in [2.05, 4.69) is 0 Å². The molecule has 4 rings (SSSR count). The van der Waals surface area contributed by atoms with E-state index in [0.29, 0.717) is 37.0 Å². The molecule has 0 spiro atoms. The van der Waals surface area contributed by atoms with Gasteiger partial charge in [0.25, 0.3) is 10.0 Å². The predicted octanol–water partition coefficient (Wildman–Crippen LogP) is 4.18. The van der Waals surface area contributed by atoms with Gasteiger partial charge in [-0.05, 0) is 36.4 Å². The maximum Gasteiger partial charge on any atom is 0.407 e. The Balaban J connectivity index is 1.80. The monoisotopic (exact) mass is 410 g/mol. The first-order valence-corrected chi connectivity index (χ1v) is 11.0. The molecule has 0 unspecified atom stereocenters. The van der Waals surface area contributed by atoms with Crippen LogP contribution in [0.2, 0.25) is 0 Å². The summed E-state index contributed by atoms with van der Waals surface area (Å²) in [6, 6.07) is 21.5. The van der Waals surface area contributed by atoms with E-state index >= 15 is 0 Å². The van der Waals surface area contributed by atoms with Crippen LogP contribution in [0.5, 0.6) is 0 Å². The highest BCUT2D eigenvalue weighted by Crippen LogP contribution is 2.33. The van der Waals surface area contributed by atoms with Gasteiger partial charge in [0, 0.05) is 24.5 Å². The lowest BCUT2D eigenvalue weighted by Crippen LogP contribution is -2.48. The quantitative estimate of drug-likeness (QED) is 0.700. The van der Waals surface area contributed by atoms with Crippen molar-refractivity contribution in [2.24, 2.45) is 0 Å². The van der Waals surface area contributed by atoms with Crippen LogP contribution in [0, 0.1) is 0 Å². The Labute approximate surface area is 170 Å². The summed E-state index contributed by atoms with van der Waals surface area (Å²) < 4.78 is 29.2. The summed E-state index contributed by atoms with van der Waals surface area (Å²) in [5.74, 6) is 0. The van der Waals surface area contributed by atoms with E-state index in [1.807, 2.05) is 48.5 Å². The topological polar surface area (TPSA) is 77.9 Å². The number of fused-ring (bicyclic) bond motifs is 1. The third-order valence-corrected chi connectivity index (χ3v) is 7.30. The molecule has 1 fully saturated rings. The Morgan fingerprint density at radius 1 is 0.897 bits per heavy atom. The first kappa shape index (κ1) is 19.3. The van der Waals surface area contributed by atoms with Gasteiger partial charge in [-0.25, -0.2) is 13.2 Å². The Morgan fingerprint density at radius 3 is 2.21 bits per heavy atom. The standard InChI is InChI=1S/C22H22N2O4S/c25-22(26)23-15-13-19(14-16-23)24(18-9-2-1-3-10-18)29(27,28)21-12-6-8-17-7-4-5-11-20(17)21/h1-12,19H,13-16H2,(H,25,26). The van der Waals surface area contributed by atoms with Crippen molar-refractivity contribution in [3.05, 3.63) is 72.8 Å². The van der Waals surface area contributed by atoms with Crippen molar-refractivity contribution >= 4 is 32.6 Å². The Kier molecular flexibility index (Phi) is 5.15. The van der Waals surface area contributed by atoms with E-state index in [4.69, 9.17) is 0 Å². The number of carboxylic acid groups (broad SMARTS) is 1. The zero-order chi connectivity index (χ0) is 20.4. The van der Waals surface area contributed by atoms with Crippen LogP contribution in [-0.4, -0.2) is 43.6 Å². The number of carbonyl (C=O) groups is 1. The van der Waals surface area contributed by atoms with Crippen LogP contribution in [0.15, 0.2) is 77.7 Å². The van der Waals surface area contributed by atoms with Gasteiger partial charge in [-0.3, -0.25) is 4.31 Å². The number of likely N-dealkylation sites (tertiary alicyclic amines) is 1. The molecule has 1 heterocycles. The largest absolute Gasteiger partial charge is 0.465 e. The molecule has 1 saturated heterocycles. The fraction of sp³-hybridized carbons (Fsp3) is 0.227. The van der Waals surface area contributed by atoms with Crippen molar-refractivity contribution in [1.29, 1.82) is 0 Å². The molecule has 6 nitrogen and oxygen atoms in total. The molecule has 0 atom stereocenters. The van der Waals surface area contributed by atoms with Crippen LogP contribution in [-0.2, 0) is 10.0 Å². The molecule has 0 bridgehead atoms.